The average molecular weight is 209 g/mol. The van der Waals surface area contributed by atoms with Gasteiger partial charge in [-0.3, -0.25) is 4.79 Å². The van der Waals surface area contributed by atoms with E-state index in [1.807, 2.05) is 0 Å². The second kappa shape index (κ2) is 2.51. The van der Waals surface area contributed by atoms with Crippen molar-refractivity contribution in [1.29, 1.82) is 0 Å². The van der Waals surface area contributed by atoms with E-state index in [4.69, 9.17) is 9.84 Å². The van der Waals surface area contributed by atoms with E-state index in [1.54, 1.807) is 6.92 Å². The Morgan fingerprint density at radius 1 is 2.00 bits per heavy atom. The smallest absolute Gasteiger partial charge is 0.323 e. The number of alkyl halides is 1. The lowest BCUT2D eigenvalue weighted by atomic mass is 10.1. The third-order valence-electron chi connectivity index (χ3n) is 1.51. The minimum Gasteiger partial charge on any atom is -0.459 e. The molecular formula is C6H9BrO3. The van der Waals surface area contributed by atoms with Crippen molar-refractivity contribution in [3.63, 3.8) is 0 Å². The van der Waals surface area contributed by atoms with Crippen molar-refractivity contribution >= 4 is 21.9 Å². The monoisotopic (exact) mass is 208 g/mol. The molecule has 58 valence electrons. The van der Waals surface area contributed by atoms with Crippen LogP contribution in [0.2, 0.25) is 0 Å². The van der Waals surface area contributed by atoms with Crippen molar-refractivity contribution in [3.05, 3.63) is 0 Å². The molecule has 2 unspecified atom stereocenters. The molecule has 1 heterocycles. The number of carbonyl (C=O) groups is 1. The number of esters is 1. The lowest BCUT2D eigenvalue weighted by Gasteiger charge is -2.06. The second-order valence-corrected chi connectivity index (χ2v) is 4.36. The van der Waals surface area contributed by atoms with Gasteiger partial charge in [-0.25, -0.2) is 0 Å². The number of hydrogen-bond acceptors (Lipinski definition) is 3. The Morgan fingerprint density at radius 3 is 2.80 bits per heavy atom. The SMILES string of the molecule is CC1(Br)CC(CO)OC1=O. The Bertz CT molecular complexity index is 155. The Hall–Kier alpha value is -0.0900. The van der Waals surface area contributed by atoms with Gasteiger partial charge in [0.25, 0.3) is 0 Å². The second-order valence-electron chi connectivity index (χ2n) is 2.61. The number of carbonyl (C=O) groups excluding carboxylic acids is 1. The molecule has 1 rings (SSSR count). The van der Waals surface area contributed by atoms with Crippen LogP contribution in [0.25, 0.3) is 0 Å². The van der Waals surface area contributed by atoms with E-state index in [9.17, 15) is 4.79 Å². The number of halogens is 1. The van der Waals surface area contributed by atoms with Crippen LogP contribution in [-0.2, 0) is 9.53 Å². The molecule has 4 heteroatoms. The van der Waals surface area contributed by atoms with E-state index < -0.39 is 4.32 Å². The minimum atomic E-state index is -0.583. The highest BCUT2D eigenvalue weighted by molar-refractivity contribution is 9.10. The Kier molecular flexibility index (Phi) is 2.01. The summed E-state index contributed by atoms with van der Waals surface area (Å²) in [7, 11) is 0. The summed E-state index contributed by atoms with van der Waals surface area (Å²) in [5, 5.41) is 8.62. The van der Waals surface area contributed by atoms with E-state index in [1.165, 1.54) is 0 Å². The highest BCUT2D eigenvalue weighted by Gasteiger charge is 2.42. The summed E-state index contributed by atoms with van der Waals surface area (Å²) in [6.45, 7) is 1.65. The standard InChI is InChI=1S/C6H9BrO3/c1-6(7)2-4(3-8)10-5(6)9/h4,8H,2-3H2,1H3. The van der Waals surface area contributed by atoms with E-state index in [-0.39, 0.29) is 18.7 Å². The van der Waals surface area contributed by atoms with Crippen molar-refractivity contribution in [2.45, 2.75) is 23.8 Å². The number of ether oxygens (including phenoxy) is 1. The van der Waals surface area contributed by atoms with Gasteiger partial charge in [0, 0.05) is 6.42 Å². The molecule has 0 aromatic heterocycles. The van der Waals surface area contributed by atoms with Crippen LogP contribution in [0, 0.1) is 0 Å². The van der Waals surface area contributed by atoms with Crippen LogP contribution in [0.5, 0.6) is 0 Å². The Balaban J connectivity index is 2.62. The van der Waals surface area contributed by atoms with Crippen molar-refractivity contribution in [2.75, 3.05) is 6.61 Å². The molecule has 0 radical (unpaired) electrons. The molecule has 10 heavy (non-hydrogen) atoms. The average Bonchev–Trinajstić information content (AvgIpc) is 2.08. The summed E-state index contributed by atoms with van der Waals surface area (Å²) in [5.41, 5.74) is 0. The molecule has 0 aliphatic carbocycles. The molecule has 0 saturated carbocycles. The van der Waals surface area contributed by atoms with Crippen molar-refractivity contribution in [3.8, 4) is 0 Å². The largest absolute Gasteiger partial charge is 0.459 e. The summed E-state index contributed by atoms with van der Waals surface area (Å²) in [6, 6.07) is 0. The van der Waals surface area contributed by atoms with Gasteiger partial charge in [0.05, 0.1) is 6.61 Å². The molecule has 3 nitrogen and oxygen atoms in total. The fourth-order valence-corrected chi connectivity index (χ4v) is 1.38. The summed E-state index contributed by atoms with van der Waals surface area (Å²) < 4.78 is 4.21. The predicted molar refractivity (Wildman–Crippen MR) is 38.9 cm³/mol. The molecular weight excluding hydrogens is 200 g/mol. The van der Waals surface area contributed by atoms with Gasteiger partial charge in [-0.15, -0.1) is 0 Å². The van der Waals surface area contributed by atoms with Crippen molar-refractivity contribution < 1.29 is 14.6 Å². The van der Waals surface area contributed by atoms with Gasteiger partial charge in [-0.1, -0.05) is 15.9 Å². The topological polar surface area (TPSA) is 46.5 Å². The first-order valence-electron chi connectivity index (χ1n) is 3.07. The molecule has 1 aliphatic rings. The van der Waals surface area contributed by atoms with Gasteiger partial charge < -0.3 is 9.84 Å². The molecule has 1 N–H and O–H groups in total. The first kappa shape index (κ1) is 8.01. The molecule has 1 aliphatic heterocycles. The van der Waals surface area contributed by atoms with Crippen LogP contribution < -0.4 is 0 Å². The first-order chi connectivity index (χ1) is 4.56. The van der Waals surface area contributed by atoms with Crippen LogP contribution in [0.1, 0.15) is 13.3 Å². The van der Waals surface area contributed by atoms with E-state index in [2.05, 4.69) is 15.9 Å². The van der Waals surface area contributed by atoms with Crippen LogP contribution in [-0.4, -0.2) is 28.1 Å². The van der Waals surface area contributed by atoms with Crippen LogP contribution in [0.15, 0.2) is 0 Å². The van der Waals surface area contributed by atoms with Crippen LogP contribution >= 0.6 is 15.9 Å². The number of aliphatic hydroxyl groups excluding tert-OH is 1. The zero-order chi connectivity index (χ0) is 7.78. The van der Waals surface area contributed by atoms with Crippen molar-refractivity contribution in [2.24, 2.45) is 0 Å². The van der Waals surface area contributed by atoms with Gasteiger partial charge in [-0.05, 0) is 6.92 Å². The lowest BCUT2D eigenvalue weighted by molar-refractivity contribution is -0.143. The maximum Gasteiger partial charge on any atom is 0.323 e. The minimum absolute atomic E-state index is 0.0903. The molecule has 2 atom stereocenters. The Labute approximate surface area is 67.5 Å². The van der Waals surface area contributed by atoms with E-state index in [0.29, 0.717) is 6.42 Å². The van der Waals surface area contributed by atoms with Crippen LogP contribution in [0.4, 0.5) is 0 Å². The molecule has 0 aromatic rings. The summed E-state index contributed by atoms with van der Waals surface area (Å²) in [5.74, 6) is -0.286. The predicted octanol–water partition coefficient (Wildman–Crippen LogP) is 0.448. The zero-order valence-electron chi connectivity index (χ0n) is 5.63. The number of aliphatic hydroxyl groups is 1. The number of hydrogen-bond donors (Lipinski definition) is 1. The molecule has 0 aromatic carbocycles. The molecule has 0 bridgehead atoms. The van der Waals surface area contributed by atoms with Gasteiger partial charge in [0.2, 0.25) is 0 Å². The van der Waals surface area contributed by atoms with Crippen LogP contribution in [0.3, 0.4) is 0 Å². The Morgan fingerprint density at radius 2 is 2.60 bits per heavy atom. The van der Waals surface area contributed by atoms with Gasteiger partial charge in [0.15, 0.2) is 0 Å². The van der Waals surface area contributed by atoms with Gasteiger partial charge >= 0.3 is 5.97 Å². The first-order valence-corrected chi connectivity index (χ1v) is 3.86. The fraction of sp³-hybridized carbons (Fsp3) is 0.833. The third-order valence-corrected chi connectivity index (χ3v) is 2.16. The molecule has 1 saturated heterocycles. The third kappa shape index (κ3) is 1.32. The fourth-order valence-electron chi connectivity index (χ4n) is 0.929. The normalized spacial score (nSPS) is 39.9. The van der Waals surface area contributed by atoms with E-state index >= 15 is 0 Å². The summed E-state index contributed by atoms with van der Waals surface area (Å²) >= 11 is 3.20. The molecule has 0 spiro atoms. The lowest BCUT2D eigenvalue weighted by Crippen LogP contribution is -2.21. The highest BCUT2D eigenvalue weighted by Crippen LogP contribution is 2.32. The highest BCUT2D eigenvalue weighted by atomic mass is 79.9. The number of cyclic esters (lactones) is 1. The maximum atomic E-state index is 10.9. The molecule has 1 fully saturated rings. The quantitative estimate of drug-likeness (QED) is 0.503. The van der Waals surface area contributed by atoms with Crippen molar-refractivity contribution in [1.82, 2.24) is 0 Å². The maximum absolute atomic E-state index is 10.9. The summed E-state index contributed by atoms with van der Waals surface area (Å²) in [6.07, 6.45) is 0.222. The van der Waals surface area contributed by atoms with Gasteiger partial charge in [-0.2, -0.15) is 0 Å². The summed E-state index contributed by atoms with van der Waals surface area (Å²) in [4.78, 5) is 10.9. The van der Waals surface area contributed by atoms with E-state index in [0.717, 1.165) is 0 Å². The molecule has 0 amide bonds. The zero-order valence-corrected chi connectivity index (χ0v) is 7.22. The van der Waals surface area contributed by atoms with Gasteiger partial charge in [0.1, 0.15) is 10.4 Å². The number of rotatable bonds is 1.